The zero-order chi connectivity index (χ0) is 13.8. The first-order valence-electron chi connectivity index (χ1n) is 5.57. The van der Waals surface area contributed by atoms with Crippen LogP contribution in [0, 0.1) is 11.5 Å². The second-order valence-electron chi connectivity index (χ2n) is 3.96. The maximum Gasteiger partial charge on any atom is 0.321 e. The van der Waals surface area contributed by atoms with Crippen LogP contribution < -0.4 is 10.6 Å². The van der Waals surface area contributed by atoms with E-state index >= 15 is 0 Å². The van der Waals surface area contributed by atoms with Crippen LogP contribution in [0.25, 0.3) is 0 Å². The van der Waals surface area contributed by atoms with Crippen LogP contribution in [0.4, 0.5) is 16.2 Å². The number of aliphatic imine (C=N–C) groups is 1. The maximum atomic E-state index is 11.7. The molecule has 0 spiro atoms. The van der Waals surface area contributed by atoms with Crippen molar-refractivity contribution >= 4 is 34.3 Å². The van der Waals surface area contributed by atoms with E-state index in [1.54, 1.807) is 18.0 Å². The fourth-order valence-electron chi connectivity index (χ4n) is 1.77. The first-order valence-corrected chi connectivity index (χ1v) is 6.80. The van der Waals surface area contributed by atoms with Crippen molar-refractivity contribution in [1.29, 1.82) is 5.26 Å². The van der Waals surface area contributed by atoms with Crippen molar-refractivity contribution in [3.05, 3.63) is 23.8 Å². The Balaban J connectivity index is 2.41. The molecule has 2 N–H and O–H groups in total. The molecule has 98 valence electrons. The fraction of sp³-hybridized carbons (Fsp3) is 0.250. The number of benzene rings is 1. The summed E-state index contributed by atoms with van der Waals surface area (Å²) in [6, 6.07) is 5.47. The number of amidine groups is 1. The van der Waals surface area contributed by atoms with Gasteiger partial charge in [0.2, 0.25) is 0 Å². The molecule has 0 radical (unpaired) electrons. The van der Waals surface area contributed by atoms with E-state index in [4.69, 9.17) is 5.26 Å². The van der Waals surface area contributed by atoms with Gasteiger partial charge in [-0.2, -0.15) is 5.26 Å². The topological polar surface area (TPSA) is 80.5 Å². The molecule has 0 bridgehead atoms. The number of thioether (sulfide) groups is 1. The number of rotatable bonds is 1. The standard InChI is InChI=1S/C12H13N5OS/c1-17-6-8-4-3-5-9(10(8)16-12(17)18)15-11(19-2)14-7-13/h3-5H,6H2,1-2H3,(H,14,15)(H,16,18). The Morgan fingerprint density at radius 3 is 3.11 bits per heavy atom. The molecule has 1 heterocycles. The largest absolute Gasteiger partial charge is 0.323 e. The van der Waals surface area contributed by atoms with Gasteiger partial charge in [0.05, 0.1) is 11.4 Å². The molecule has 1 aromatic carbocycles. The summed E-state index contributed by atoms with van der Waals surface area (Å²) < 4.78 is 0. The lowest BCUT2D eigenvalue weighted by molar-refractivity contribution is 0.218. The number of urea groups is 1. The molecule has 0 atom stereocenters. The molecule has 19 heavy (non-hydrogen) atoms. The Kier molecular flexibility index (Phi) is 3.92. The molecule has 6 nitrogen and oxygen atoms in total. The van der Waals surface area contributed by atoms with E-state index in [0.29, 0.717) is 23.1 Å². The molecule has 2 amide bonds. The van der Waals surface area contributed by atoms with E-state index < -0.39 is 0 Å². The molecule has 0 saturated heterocycles. The monoisotopic (exact) mass is 275 g/mol. The van der Waals surface area contributed by atoms with Crippen molar-refractivity contribution < 1.29 is 4.79 Å². The number of nitrogens with zero attached hydrogens (tertiary/aromatic N) is 3. The molecule has 0 aromatic heterocycles. The van der Waals surface area contributed by atoms with Gasteiger partial charge in [-0.15, -0.1) is 0 Å². The Labute approximate surface area is 115 Å². The van der Waals surface area contributed by atoms with Gasteiger partial charge in [-0.1, -0.05) is 23.9 Å². The summed E-state index contributed by atoms with van der Waals surface area (Å²) in [5.74, 6) is 0. The number of nitrogens with one attached hydrogen (secondary N) is 2. The Bertz CT molecular complexity index is 578. The highest BCUT2D eigenvalue weighted by molar-refractivity contribution is 8.13. The zero-order valence-corrected chi connectivity index (χ0v) is 11.4. The number of anilines is 1. The van der Waals surface area contributed by atoms with Gasteiger partial charge in [0.15, 0.2) is 11.4 Å². The quantitative estimate of drug-likeness (QED) is 0.356. The molecule has 7 heteroatoms. The second-order valence-corrected chi connectivity index (χ2v) is 4.75. The lowest BCUT2D eigenvalue weighted by Gasteiger charge is -2.26. The number of carbonyl (C=O) groups is 1. The highest BCUT2D eigenvalue weighted by Gasteiger charge is 2.21. The van der Waals surface area contributed by atoms with Crippen LogP contribution in [0.2, 0.25) is 0 Å². The van der Waals surface area contributed by atoms with E-state index in [1.165, 1.54) is 11.8 Å². The Morgan fingerprint density at radius 1 is 1.63 bits per heavy atom. The molecule has 2 rings (SSSR count). The zero-order valence-electron chi connectivity index (χ0n) is 10.6. The van der Waals surface area contributed by atoms with Crippen molar-refractivity contribution in [2.24, 2.45) is 4.99 Å². The summed E-state index contributed by atoms with van der Waals surface area (Å²) in [7, 11) is 1.73. The summed E-state index contributed by atoms with van der Waals surface area (Å²) >= 11 is 1.33. The van der Waals surface area contributed by atoms with E-state index in [0.717, 1.165) is 5.56 Å². The van der Waals surface area contributed by atoms with Gasteiger partial charge in [0, 0.05) is 13.6 Å². The summed E-state index contributed by atoms with van der Waals surface area (Å²) in [5.41, 5.74) is 2.35. The van der Waals surface area contributed by atoms with Crippen LogP contribution in [0.5, 0.6) is 0 Å². The van der Waals surface area contributed by atoms with E-state index in [-0.39, 0.29) is 6.03 Å². The van der Waals surface area contributed by atoms with Crippen LogP contribution in [-0.4, -0.2) is 29.4 Å². The van der Waals surface area contributed by atoms with Crippen molar-refractivity contribution in [1.82, 2.24) is 10.2 Å². The molecular formula is C12H13N5OS. The van der Waals surface area contributed by atoms with Crippen molar-refractivity contribution in [2.75, 3.05) is 18.6 Å². The minimum absolute atomic E-state index is 0.158. The van der Waals surface area contributed by atoms with Gasteiger partial charge in [-0.05, 0) is 17.9 Å². The van der Waals surface area contributed by atoms with Crippen molar-refractivity contribution in [3.63, 3.8) is 0 Å². The van der Waals surface area contributed by atoms with Crippen LogP contribution in [-0.2, 0) is 6.54 Å². The van der Waals surface area contributed by atoms with Gasteiger partial charge in [0.1, 0.15) is 0 Å². The minimum Gasteiger partial charge on any atom is -0.323 e. The first kappa shape index (κ1) is 13.2. The predicted octanol–water partition coefficient (Wildman–Crippen LogP) is 2.09. The molecular weight excluding hydrogens is 262 g/mol. The second kappa shape index (κ2) is 5.63. The van der Waals surface area contributed by atoms with Crippen LogP contribution in [0.3, 0.4) is 0 Å². The average molecular weight is 275 g/mol. The molecule has 0 saturated carbocycles. The molecule has 1 aliphatic rings. The Hall–Kier alpha value is -2.20. The molecule has 0 aliphatic carbocycles. The number of amides is 2. The SMILES string of the molecule is CSC(=Nc1cccc2c1NC(=O)N(C)C2)NC#N. The third-order valence-corrected chi connectivity index (χ3v) is 3.27. The van der Waals surface area contributed by atoms with Gasteiger partial charge < -0.3 is 10.2 Å². The molecule has 1 aliphatic heterocycles. The van der Waals surface area contributed by atoms with Crippen LogP contribution in [0.15, 0.2) is 23.2 Å². The molecule has 1 aromatic rings. The third kappa shape index (κ3) is 2.80. The maximum absolute atomic E-state index is 11.7. The number of carbonyl (C=O) groups excluding carboxylic acids is 1. The summed E-state index contributed by atoms with van der Waals surface area (Å²) in [5, 5.41) is 14.4. The predicted molar refractivity (Wildman–Crippen MR) is 76.3 cm³/mol. The normalized spacial score (nSPS) is 14.5. The highest BCUT2D eigenvalue weighted by atomic mass is 32.2. The smallest absolute Gasteiger partial charge is 0.321 e. The number of para-hydroxylation sites is 1. The molecule has 0 unspecified atom stereocenters. The highest BCUT2D eigenvalue weighted by Crippen LogP contribution is 2.33. The fourth-order valence-corrected chi connectivity index (χ4v) is 2.10. The lowest BCUT2D eigenvalue weighted by Crippen LogP contribution is -2.35. The molecule has 0 fully saturated rings. The summed E-state index contributed by atoms with van der Waals surface area (Å²) in [6.45, 7) is 0.546. The summed E-state index contributed by atoms with van der Waals surface area (Å²) in [6.07, 6.45) is 3.66. The average Bonchev–Trinajstić information content (AvgIpc) is 2.40. The number of nitriles is 1. The Morgan fingerprint density at radius 2 is 2.42 bits per heavy atom. The van der Waals surface area contributed by atoms with Gasteiger partial charge in [-0.3, -0.25) is 5.32 Å². The third-order valence-electron chi connectivity index (χ3n) is 2.69. The number of hydrogen-bond donors (Lipinski definition) is 2. The lowest BCUT2D eigenvalue weighted by atomic mass is 10.1. The van der Waals surface area contributed by atoms with Crippen molar-refractivity contribution in [2.45, 2.75) is 6.54 Å². The summed E-state index contributed by atoms with van der Waals surface area (Å²) in [4.78, 5) is 17.6. The van der Waals surface area contributed by atoms with Gasteiger partial charge in [-0.25, -0.2) is 9.79 Å². The van der Waals surface area contributed by atoms with Crippen LogP contribution >= 0.6 is 11.8 Å². The minimum atomic E-state index is -0.158. The first-order chi connectivity index (χ1) is 9.15. The number of hydrogen-bond acceptors (Lipinski definition) is 4. The van der Waals surface area contributed by atoms with E-state index in [9.17, 15) is 4.79 Å². The number of fused-ring (bicyclic) bond motifs is 1. The van der Waals surface area contributed by atoms with E-state index in [1.807, 2.05) is 24.6 Å². The van der Waals surface area contributed by atoms with Crippen LogP contribution in [0.1, 0.15) is 5.56 Å². The van der Waals surface area contributed by atoms with Gasteiger partial charge >= 0.3 is 6.03 Å². The van der Waals surface area contributed by atoms with Crippen molar-refractivity contribution in [3.8, 4) is 6.19 Å². The van der Waals surface area contributed by atoms with Gasteiger partial charge in [0.25, 0.3) is 0 Å². The van der Waals surface area contributed by atoms with E-state index in [2.05, 4.69) is 15.6 Å².